The number of aromatic nitrogens is 2. The SMILES string of the molecule is CCS(=O)(=O)c1ccccc1NC(=O)c1cnn(-c2cccc(Cl)c2)c1C. The predicted octanol–water partition coefficient (Wildman–Crippen LogP) is 3.88. The molecule has 0 saturated heterocycles. The number of sulfone groups is 1. The van der Waals surface area contributed by atoms with Crippen LogP contribution in [-0.2, 0) is 9.84 Å². The molecule has 0 bridgehead atoms. The Hall–Kier alpha value is -2.64. The highest BCUT2D eigenvalue weighted by molar-refractivity contribution is 7.91. The van der Waals surface area contributed by atoms with Crippen LogP contribution in [0, 0.1) is 6.92 Å². The standard InChI is InChI=1S/C19H18ClN3O3S/c1-3-27(25,26)18-10-5-4-9-17(18)22-19(24)16-12-21-23(13(16)2)15-8-6-7-14(20)11-15/h4-12H,3H2,1-2H3,(H,22,24). The molecule has 0 radical (unpaired) electrons. The summed E-state index contributed by atoms with van der Waals surface area (Å²) in [7, 11) is -3.46. The zero-order valence-corrected chi connectivity index (χ0v) is 16.4. The van der Waals surface area contributed by atoms with Crippen molar-refractivity contribution in [2.24, 2.45) is 0 Å². The van der Waals surface area contributed by atoms with Crippen molar-refractivity contribution < 1.29 is 13.2 Å². The Morgan fingerprint density at radius 3 is 2.63 bits per heavy atom. The third-order valence-corrected chi connectivity index (χ3v) is 6.18. The minimum atomic E-state index is -3.46. The number of anilines is 1. The molecule has 0 atom stereocenters. The Balaban J connectivity index is 1.93. The van der Waals surface area contributed by atoms with Crippen molar-refractivity contribution in [2.75, 3.05) is 11.1 Å². The van der Waals surface area contributed by atoms with E-state index in [0.717, 1.165) is 5.69 Å². The molecule has 27 heavy (non-hydrogen) atoms. The fourth-order valence-electron chi connectivity index (χ4n) is 2.69. The van der Waals surface area contributed by atoms with E-state index in [1.165, 1.54) is 12.3 Å². The van der Waals surface area contributed by atoms with E-state index in [1.807, 2.05) is 6.07 Å². The summed E-state index contributed by atoms with van der Waals surface area (Å²) in [4.78, 5) is 12.8. The highest BCUT2D eigenvalue weighted by Crippen LogP contribution is 2.24. The van der Waals surface area contributed by atoms with Crippen molar-refractivity contribution in [2.45, 2.75) is 18.7 Å². The third-order valence-electron chi connectivity index (χ3n) is 4.16. The number of carbonyl (C=O) groups is 1. The summed E-state index contributed by atoms with van der Waals surface area (Å²) >= 11 is 6.02. The normalized spacial score (nSPS) is 11.4. The molecule has 1 amide bonds. The molecule has 2 aromatic carbocycles. The van der Waals surface area contributed by atoms with Crippen LogP contribution in [0.4, 0.5) is 5.69 Å². The van der Waals surface area contributed by atoms with Crippen LogP contribution in [0.15, 0.2) is 59.6 Å². The number of nitrogens with zero attached hydrogens (tertiary/aromatic N) is 2. The molecule has 1 aromatic heterocycles. The zero-order chi connectivity index (χ0) is 19.6. The van der Waals surface area contributed by atoms with Gasteiger partial charge >= 0.3 is 0 Å². The first-order valence-electron chi connectivity index (χ1n) is 8.27. The molecule has 1 N–H and O–H groups in total. The maximum atomic E-state index is 12.7. The second-order valence-corrected chi connectivity index (χ2v) is 8.57. The predicted molar refractivity (Wildman–Crippen MR) is 105 cm³/mol. The number of rotatable bonds is 5. The average molecular weight is 404 g/mol. The maximum Gasteiger partial charge on any atom is 0.259 e. The molecular weight excluding hydrogens is 386 g/mol. The monoisotopic (exact) mass is 403 g/mol. The van der Waals surface area contributed by atoms with E-state index in [2.05, 4.69) is 10.4 Å². The molecule has 6 nitrogen and oxygen atoms in total. The van der Waals surface area contributed by atoms with Crippen LogP contribution in [0.2, 0.25) is 5.02 Å². The molecule has 0 aliphatic heterocycles. The van der Waals surface area contributed by atoms with E-state index >= 15 is 0 Å². The molecule has 3 rings (SSSR count). The summed E-state index contributed by atoms with van der Waals surface area (Å²) in [5.41, 5.74) is 1.94. The second kappa shape index (κ2) is 7.54. The first-order valence-corrected chi connectivity index (χ1v) is 10.3. The van der Waals surface area contributed by atoms with Gasteiger partial charge in [-0.25, -0.2) is 13.1 Å². The van der Waals surface area contributed by atoms with Crippen molar-refractivity contribution in [1.29, 1.82) is 0 Å². The lowest BCUT2D eigenvalue weighted by Gasteiger charge is -2.11. The number of para-hydroxylation sites is 1. The lowest BCUT2D eigenvalue weighted by atomic mass is 10.2. The van der Waals surface area contributed by atoms with Gasteiger partial charge < -0.3 is 5.32 Å². The largest absolute Gasteiger partial charge is 0.321 e. The van der Waals surface area contributed by atoms with Gasteiger partial charge in [0.1, 0.15) is 0 Å². The van der Waals surface area contributed by atoms with E-state index < -0.39 is 15.7 Å². The van der Waals surface area contributed by atoms with Crippen molar-refractivity contribution in [1.82, 2.24) is 9.78 Å². The van der Waals surface area contributed by atoms with Crippen molar-refractivity contribution in [3.8, 4) is 5.69 Å². The summed E-state index contributed by atoms with van der Waals surface area (Å²) in [6.07, 6.45) is 1.45. The topological polar surface area (TPSA) is 81.1 Å². The molecule has 3 aromatic rings. The van der Waals surface area contributed by atoms with Crippen LogP contribution < -0.4 is 5.32 Å². The van der Waals surface area contributed by atoms with Gasteiger partial charge in [0, 0.05) is 5.02 Å². The fourth-order valence-corrected chi connectivity index (χ4v) is 3.92. The van der Waals surface area contributed by atoms with Crippen LogP contribution in [0.5, 0.6) is 0 Å². The first kappa shape index (κ1) is 19.1. The van der Waals surface area contributed by atoms with Crippen LogP contribution in [-0.4, -0.2) is 29.9 Å². The van der Waals surface area contributed by atoms with Gasteiger partial charge in [-0.2, -0.15) is 5.10 Å². The lowest BCUT2D eigenvalue weighted by molar-refractivity contribution is 0.102. The first-order chi connectivity index (χ1) is 12.8. The summed E-state index contributed by atoms with van der Waals surface area (Å²) < 4.78 is 26.1. The number of nitrogens with one attached hydrogen (secondary N) is 1. The number of amides is 1. The van der Waals surface area contributed by atoms with Crippen LogP contribution in [0.1, 0.15) is 23.0 Å². The number of carbonyl (C=O) groups excluding carboxylic acids is 1. The summed E-state index contributed by atoms with van der Waals surface area (Å²) in [5, 5.41) is 7.50. The molecule has 0 fully saturated rings. The van der Waals surface area contributed by atoms with E-state index in [9.17, 15) is 13.2 Å². The van der Waals surface area contributed by atoms with E-state index in [1.54, 1.807) is 54.9 Å². The molecule has 0 aliphatic rings. The van der Waals surface area contributed by atoms with E-state index in [-0.39, 0.29) is 16.3 Å². The number of halogens is 1. The van der Waals surface area contributed by atoms with Crippen molar-refractivity contribution in [3.63, 3.8) is 0 Å². The molecule has 0 aliphatic carbocycles. The van der Waals surface area contributed by atoms with Crippen molar-refractivity contribution in [3.05, 3.63) is 71.0 Å². The van der Waals surface area contributed by atoms with E-state index in [4.69, 9.17) is 11.6 Å². The molecule has 140 valence electrons. The molecular formula is C19H18ClN3O3S. The summed E-state index contributed by atoms with van der Waals surface area (Å²) in [6, 6.07) is 13.5. The van der Waals surface area contributed by atoms with Gasteiger partial charge in [-0.1, -0.05) is 36.7 Å². The smallest absolute Gasteiger partial charge is 0.259 e. The molecule has 0 saturated carbocycles. The van der Waals surface area contributed by atoms with Gasteiger partial charge in [0.05, 0.1) is 39.5 Å². The Labute approximate surface area is 162 Å². The lowest BCUT2D eigenvalue weighted by Crippen LogP contribution is -2.16. The Kier molecular flexibility index (Phi) is 5.34. The molecule has 0 spiro atoms. The average Bonchev–Trinajstić information content (AvgIpc) is 3.03. The molecule has 0 unspecified atom stereocenters. The highest BCUT2D eigenvalue weighted by atomic mass is 35.5. The van der Waals surface area contributed by atoms with Gasteiger partial charge in [-0.05, 0) is 37.3 Å². The highest BCUT2D eigenvalue weighted by Gasteiger charge is 2.20. The third kappa shape index (κ3) is 3.89. The van der Waals surface area contributed by atoms with Gasteiger partial charge in [0.25, 0.3) is 5.91 Å². The number of hydrogen-bond acceptors (Lipinski definition) is 4. The van der Waals surface area contributed by atoms with Crippen LogP contribution >= 0.6 is 11.6 Å². The van der Waals surface area contributed by atoms with Gasteiger partial charge in [-0.3, -0.25) is 4.79 Å². The zero-order valence-electron chi connectivity index (χ0n) is 14.8. The minimum absolute atomic E-state index is 0.0500. The van der Waals surface area contributed by atoms with E-state index in [0.29, 0.717) is 16.3 Å². The summed E-state index contributed by atoms with van der Waals surface area (Å²) in [5.74, 6) is -0.481. The van der Waals surface area contributed by atoms with Gasteiger partial charge in [0.2, 0.25) is 0 Å². The van der Waals surface area contributed by atoms with Gasteiger partial charge in [-0.15, -0.1) is 0 Å². The van der Waals surface area contributed by atoms with Crippen molar-refractivity contribution >= 4 is 33.0 Å². The van der Waals surface area contributed by atoms with Gasteiger partial charge in [0.15, 0.2) is 9.84 Å². The maximum absolute atomic E-state index is 12.7. The molecule has 1 heterocycles. The Bertz CT molecular complexity index is 1110. The summed E-state index contributed by atoms with van der Waals surface area (Å²) in [6.45, 7) is 3.32. The Morgan fingerprint density at radius 1 is 1.19 bits per heavy atom. The van der Waals surface area contributed by atoms with Crippen LogP contribution in [0.3, 0.4) is 0 Å². The fraction of sp³-hybridized carbons (Fsp3) is 0.158. The number of hydrogen-bond donors (Lipinski definition) is 1. The number of benzene rings is 2. The molecule has 8 heteroatoms. The Morgan fingerprint density at radius 2 is 1.93 bits per heavy atom. The quantitative estimate of drug-likeness (QED) is 0.700. The van der Waals surface area contributed by atoms with Crippen LogP contribution in [0.25, 0.3) is 5.69 Å². The second-order valence-electron chi connectivity index (χ2n) is 5.89. The minimum Gasteiger partial charge on any atom is -0.321 e.